The van der Waals surface area contributed by atoms with E-state index in [2.05, 4.69) is 34.7 Å². The second-order valence-electron chi connectivity index (χ2n) is 10.0. The van der Waals surface area contributed by atoms with Gasteiger partial charge in [0.25, 0.3) is 0 Å². The average molecular weight is 477 g/mol. The molecule has 0 spiro atoms. The maximum absolute atomic E-state index is 12.4. The van der Waals surface area contributed by atoms with Gasteiger partial charge in [0, 0.05) is 37.1 Å². The van der Waals surface area contributed by atoms with E-state index in [-0.39, 0.29) is 18.4 Å². The highest BCUT2D eigenvalue weighted by molar-refractivity contribution is 5.89. The third-order valence-corrected chi connectivity index (χ3v) is 6.23. The van der Waals surface area contributed by atoms with Crippen molar-refractivity contribution in [3.8, 4) is 11.3 Å². The van der Waals surface area contributed by atoms with Gasteiger partial charge in [-0.3, -0.25) is 14.7 Å². The molecule has 1 fully saturated rings. The van der Waals surface area contributed by atoms with Crippen LogP contribution in [0.1, 0.15) is 44.9 Å². The van der Waals surface area contributed by atoms with E-state index in [9.17, 15) is 4.79 Å². The van der Waals surface area contributed by atoms with E-state index in [1.807, 2.05) is 55.8 Å². The molecule has 0 bridgehead atoms. The number of hydrogen-bond acceptors (Lipinski definition) is 7. The van der Waals surface area contributed by atoms with Crippen molar-refractivity contribution in [1.29, 1.82) is 0 Å². The predicted octanol–water partition coefficient (Wildman–Crippen LogP) is 4.19. The van der Waals surface area contributed by atoms with E-state index >= 15 is 0 Å². The number of aromatic nitrogens is 2. The van der Waals surface area contributed by atoms with Crippen LogP contribution < -0.4 is 10.6 Å². The molecule has 9 nitrogen and oxygen atoms in total. The summed E-state index contributed by atoms with van der Waals surface area (Å²) in [7, 11) is 0. The zero-order valence-electron chi connectivity index (χ0n) is 20.6. The van der Waals surface area contributed by atoms with Crippen molar-refractivity contribution in [2.75, 3.05) is 13.1 Å². The normalized spacial score (nSPS) is 19.0. The number of likely N-dealkylation sites (tertiary alicyclic amines) is 1. The number of nitrogens with zero attached hydrogens (tertiary/aromatic N) is 4. The number of piperidine rings is 1. The van der Waals surface area contributed by atoms with Crippen LogP contribution in [0.15, 0.2) is 52.2 Å². The molecule has 1 atom stereocenters. The predicted molar refractivity (Wildman–Crippen MR) is 135 cm³/mol. The van der Waals surface area contributed by atoms with Crippen molar-refractivity contribution in [3.05, 3.63) is 54.1 Å². The highest BCUT2D eigenvalue weighted by Gasteiger charge is 2.29. The van der Waals surface area contributed by atoms with Crippen molar-refractivity contribution in [2.24, 2.45) is 4.99 Å². The molecule has 0 radical (unpaired) electrons. The van der Waals surface area contributed by atoms with Crippen molar-refractivity contribution < 1.29 is 13.9 Å². The first kappa shape index (κ1) is 23.2. The summed E-state index contributed by atoms with van der Waals surface area (Å²) in [6, 6.07) is 8.44. The Morgan fingerprint density at radius 2 is 2.00 bits per heavy atom. The second-order valence-corrected chi connectivity index (χ2v) is 10.0. The SMILES string of the molecule is Cc1ccccc1-c1nc2occn2c1C1=CC=NC(NC2CCN(C(=O)OC(C)(C)C)CC2)N1. The molecule has 5 rings (SSSR count). The molecule has 1 amide bonds. The number of allylic oxidation sites excluding steroid dienone is 1. The third-order valence-electron chi connectivity index (χ3n) is 6.23. The number of aryl methyl sites for hydroxylation is 1. The van der Waals surface area contributed by atoms with Gasteiger partial charge < -0.3 is 19.4 Å². The van der Waals surface area contributed by atoms with Gasteiger partial charge in [-0.1, -0.05) is 24.3 Å². The van der Waals surface area contributed by atoms with Gasteiger partial charge in [-0.15, -0.1) is 0 Å². The standard InChI is InChI=1S/C26H32N6O3/c1-17-7-5-6-8-19(17)21-22(32-15-16-34-24(32)30-21)20-9-12-27-23(29-20)28-18-10-13-31(14-11-18)25(33)35-26(2,3)4/h5-9,12,15-16,18,23,28-29H,10-11,13-14H2,1-4H3. The molecule has 2 aliphatic rings. The van der Waals surface area contributed by atoms with Gasteiger partial charge in [0.1, 0.15) is 17.6 Å². The number of imidazole rings is 1. The molecule has 184 valence electrons. The molecule has 2 aliphatic heterocycles. The minimum absolute atomic E-state index is 0.234. The number of carbonyl (C=O) groups excluding carboxylic acids is 1. The summed E-state index contributed by atoms with van der Waals surface area (Å²) in [5.41, 5.74) is 4.43. The van der Waals surface area contributed by atoms with Gasteiger partial charge in [-0.25, -0.2) is 4.79 Å². The lowest BCUT2D eigenvalue weighted by molar-refractivity contribution is 0.0195. The van der Waals surface area contributed by atoms with Gasteiger partial charge in [-0.2, -0.15) is 4.98 Å². The van der Waals surface area contributed by atoms with E-state index in [0.717, 1.165) is 41.1 Å². The molecule has 2 aromatic heterocycles. The lowest BCUT2D eigenvalue weighted by Gasteiger charge is -2.35. The number of benzene rings is 1. The molecule has 3 aromatic rings. The Kier molecular flexibility index (Phi) is 6.10. The first-order chi connectivity index (χ1) is 16.8. The summed E-state index contributed by atoms with van der Waals surface area (Å²) in [4.78, 5) is 23.5. The zero-order chi connectivity index (χ0) is 24.6. The summed E-state index contributed by atoms with van der Waals surface area (Å²) in [6.45, 7) is 9.06. The minimum atomic E-state index is -0.485. The third kappa shape index (κ3) is 4.95. The van der Waals surface area contributed by atoms with Crippen LogP contribution in [-0.4, -0.2) is 57.6 Å². The molecule has 1 unspecified atom stereocenters. The van der Waals surface area contributed by atoms with Gasteiger partial charge >= 0.3 is 11.9 Å². The lowest BCUT2D eigenvalue weighted by Crippen LogP contribution is -2.52. The van der Waals surface area contributed by atoms with Crippen molar-refractivity contribution in [3.63, 3.8) is 0 Å². The quantitative estimate of drug-likeness (QED) is 0.586. The second kappa shape index (κ2) is 9.22. The number of nitrogens with one attached hydrogen (secondary N) is 2. The van der Waals surface area contributed by atoms with Crippen LogP contribution in [0.3, 0.4) is 0 Å². The first-order valence-corrected chi connectivity index (χ1v) is 12.0. The lowest BCUT2D eigenvalue weighted by atomic mass is 10.0. The van der Waals surface area contributed by atoms with E-state index in [1.165, 1.54) is 0 Å². The number of carbonyl (C=O) groups is 1. The van der Waals surface area contributed by atoms with Crippen molar-refractivity contribution >= 4 is 23.8 Å². The number of aliphatic imine (C=N–C) groups is 1. The molecule has 4 heterocycles. The monoisotopic (exact) mass is 476 g/mol. The summed E-state index contributed by atoms with van der Waals surface area (Å²) >= 11 is 0. The van der Waals surface area contributed by atoms with Gasteiger partial charge in [0.05, 0.1) is 11.4 Å². The number of oxazole rings is 1. The summed E-state index contributed by atoms with van der Waals surface area (Å²) in [6.07, 6.45) is 8.43. The Morgan fingerprint density at radius 1 is 1.23 bits per heavy atom. The number of rotatable bonds is 4. The molecule has 35 heavy (non-hydrogen) atoms. The van der Waals surface area contributed by atoms with E-state index in [0.29, 0.717) is 18.9 Å². The highest BCUT2D eigenvalue weighted by atomic mass is 16.6. The molecular formula is C26H32N6O3. The maximum Gasteiger partial charge on any atom is 0.410 e. The largest absolute Gasteiger partial charge is 0.444 e. The van der Waals surface area contributed by atoms with Crippen LogP contribution in [0, 0.1) is 6.92 Å². The number of ether oxygens (including phenoxy) is 1. The molecule has 9 heteroatoms. The van der Waals surface area contributed by atoms with Gasteiger partial charge in [0.15, 0.2) is 6.29 Å². The van der Waals surface area contributed by atoms with Crippen LogP contribution in [0.5, 0.6) is 0 Å². The van der Waals surface area contributed by atoms with Gasteiger partial charge in [-0.05, 0) is 52.2 Å². The van der Waals surface area contributed by atoms with Crippen molar-refractivity contribution in [1.82, 2.24) is 24.9 Å². The maximum atomic E-state index is 12.4. The number of hydrogen-bond donors (Lipinski definition) is 2. The molecular weight excluding hydrogens is 444 g/mol. The fourth-order valence-corrected chi connectivity index (χ4v) is 4.52. The molecule has 1 saturated heterocycles. The Morgan fingerprint density at radius 3 is 2.74 bits per heavy atom. The Bertz CT molecular complexity index is 1270. The van der Waals surface area contributed by atoms with Crippen LogP contribution in [-0.2, 0) is 4.74 Å². The van der Waals surface area contributed by atoms with Gasteiger partial charge in [0.2, 0.25) is 0 Å². The first-order valence-electron chi connectivity index (χ1n) is 12.0. The summed E-state index contributed by atoms with van der Waals surface area (Å²) in [5.74, 6) is 0.544. The van der Waals surface area contributed by atoms with Crippen LogP contribution in [0.2, 0.25) is 0 Å². The number of amides is 1. The Labute approximate surface area is 204 Å². The topological polar surface area (TPSA) is 96.4 Å². The summed E-state index contributed by atoms with van der Waals surface area (Å²) in [5, 5.41) is 7.11. The Hall–Kier alpha value is -3.59. The van der Waals surface area contributed by atoms with E-state index in [1.54, 1.807) is 11.2 Å². The van der Waals surface area contributed by atoms with Crippen LogP contribution >= 0.6 is 0 Å². The zero-order valence-corrected chi connectivity index (χ0v) is 20.6. The average Bonchev–Trinajstić information content (AvgIpc) is 3.40. The van der Waals surface area contributed by atoms with Crippen LogP contribution in [0.4, 0.5) is 4.79 Å². The molecule has 0 saturated carbocycles. The smallest absolute Gasteiger partial charge is 0.410 e. The molecule has 2 N–H and O–H groups in total. The van der Waals surface area contributed by atoms with Crippen LogP contribution in [0.25, 0.3) is 22.8 Å². The number of fused-ring (bicyclic) bond motifs is 1. The van der Waals surface area contributed by atoms with E-state index in [4.69, 9.17) is 14.1 Å². The molecule has 1 aromatic carbocycles. The highest BCUT2D eigenvalue weighted by Crippen LogP contribution is 2.31. The summed E-state index contributed by atoms with van der Waals surface area (Å²) < 4.78 is 13.1. The Balaban J connectivity index is 1.28. The van der Waals surface area contributed by atoms with Crippen molar-refractivity contribution in [2.45, 2.75) is 58.5 Å². The fourth-order valence-electron chi connectivity index (χ4n) is 4.52. The fraction of sp³-hybridized carbons (Fsp3) is 0.423. The minimum Gasteiger partial charge on any atom is -0.444 e. The van der Waals surface area contributed by atoms with E-state index < -0.39 is 5.60 Å². The molecule has 0 aliphatic carbocycles.